The maximum atomic E-state index is 12.6. The molecule has 0 fully saturated rings. The zero-order valence-corrected chi connectivity index (χ0v) is 16.5. The molecule has 2 aromatic rings. The molecule has 0 saturated carbocycles. The number of amides is 3. The summed E-state index contributed by atoms with van der Waals surface area (Å²) in [4.78, 5) is 30.5. The zero-order chi connectivity index (χ0) is 18.9. The van der Waals surface area contributed by atoms with Crippen LogP contribution in [0.15, 0.2) is 29.6 Å². The lowest BCUT2D eigenvalue weighted by molar-refractivity contribution is 0.0949. The van der Waals surface area contributed by atoms with Crippen LogP contribution in [0.2, 0.25) is 5.02 Å². The largest absolute Gasteiger partial charge is 0.351 e. The normalized spacial score (nSPS) is 10.4. The topological polar surface area (TPSA) is 74.3 Å². The van der Waals surface area contributed by atoms with Crippen LogP contribution in [0.4, 0.5) is 10.5 Å². The molecule has 8 heteroatoms. The van der Waals surface area contributed by atoms with Gasteiger partial charge in [0.2, 0.25) is 0 Å². The molecule has 0 aliphatic carbocycles. The molecule has 6 nitrogen and oxygen atoms in total. The second kappa shape index (κ2) is 10.1. The van der Waals surface area contributed by atoms with Gasteiger partial charge in [0.25, 0.3) is 5.91 Å². The smallest absolute Gasteiger partial charge is 0.322 e. The van der Waals surface area contributed by atoms with Crippen molar-refractivity contribution in [2.45, 2.75) is 33.2 Å². The highest BCUT2D eigenvalue weighted by Gasteiger charge is 2.17. The molecular weight excluding hydrogens is 372 g/mol. The maximum absolute atomic E-state index is 12.6. The summed E-state index contributed by atoms with van der Waals surface area (Å²) < 4.78 is 0. The Hall–Kier alpha value is -2.12. The second-order valence-electron chi connectivity index (χ2n) is 5.74. The molecule has 0 spiro atoms. The Bertz CT molecular complexity index is 733. The van der Waals surface area contributed by atoms with E-state index in [9.17, 15) is 9.59 Å². The summed E-state index contributed by atoms with van der Waals surface area (Å²) >= 11 is 7.24. The van der Waals surface area contributed by atoms with Gasteiger partial charge in [-0.3, -0.25) is 4.79 Å². The predicted molar refractivity (Wildman–Crippen MR) is 106 cm³/mol. The number of thiazole rings is 1. The van der Waals surface area contributed by atoms with Gasteiger partial charge < -0.3 is 15.5 Å². The summed E-state index contributed by atoms with van der Waals surface area (Å²) in [6.07, 6.45) is 1.70. The van der Waals surface area contributed by atoms with E-state index in [4.69, 9.17) is 11.6 Å². The number of carbonyl (C=O) groups is 2. The maximum Gasteiger partial charge on any atom is 0.322 e. The van der Waals surface area contributed by atoms with Crippen molar-refractivity contribution in [3.05, 3.63) is 45.4 Å². The lowest BCUT2D eigenvalue weighted by Gasteiger charge is -2.21. The molecule has 0 radical (unpaired) electrons. The fraction of sp³-hybridized carbons (Fsp3) is 0.389. The summed E-state index contributed by atoms with van der Waals surface area (Å²) in [5.41, 5.74) is 1.08. The van der Waals surface area contributed by atoms with Crippen LogP contribution >= 0.6 is 22.9 Å². The van der Waals surface area contributed by atoms with Crippen LogP contribution in [0.1, 0.15) is 42.2 Å². The van der Waals surface area contributed by atoms with E-state index in [2.05, 4.69) is 15.6 Å². The van der Waals surface area contributed by atoms with E-state index in [0.717, 1.165) is 17.8 Å². The average molecular weight is 395 g/mol. The lowest BCUT2D eigenvalue weighted by atomic mass is 10.3. The summed E-state index contributed by atoms with van der Waals surface area (Å²) in [6.45, 7) is 5.58. The summed E-state index contributed by atoms with van der Waals surface area (Å²) in [5.74, 6) is -0.179. The first-order valence-electron chi connectivity index (χ1n) is 8.57. The number of aromatic nitrogens is 1. The number of hydrogen-bond donors (Lipinski definition) is 2. The van der Waals surface area contributed by atoms with Crippen molar-refractivity contribution in [3.63, 3.8) is 0 Å². The Morgan fingerprint density at radius 2 is 1.92 bits per heavy atom. The van der Waals surface area contributed by atoms with Gasteiger partial charge in [-0.15, -0.1) is 11.3 Å². The van der Waals surface area contributed by atoms with Crippen molar-refractivity contribution in [1.82, 2.24) is 15.2 Å². The minimum Gasteiger partial charge on any atom is -0.351 e. The Balaban J connectivity index is 2.00. The van der Waals surface area contributed by atoms with Crippen molar-refractivity contribution in [2.75, 3.05) is 18.4 Å². The Morgan fingerprint density at radius 3 is 2.58 bits per heavy atom. The number of halogens is 1. The van der Waals surface area contributed by atoms with Crippen molar-refractivity contribution >= 4 is 40.6 Å². The molecule has 0 aliphatic rings. The van der Waals surface area contributed by atoms with Gasteiger partial charge in [-0.2, -0.15) is 0 Å². The van der Waals surface area contributed by atoms with E-state index < -0.39 is 0 Å². The third-order valence-corrected chi connectivity index (χ3v) is 4.61. The molecule has 1 aromatic carbocycles. The van der Waals surface area contributed by atoms with Crippen LogP contribution in [0, 0.1) is 0 Å². The summed E-state index contributed by atoms with van der Waals surface area (Å²) in [7, 11) is 0. The van der Waals surface area contributed by atoms with Gasteiger partial charge in [0.1, 0.15) is 10.7 Å². The van der Waals surface area contributed by atoms with Gasteiger partial charge in [0.15, 0.2) is 0 Å². The number of nitrogens with one attached hydrogen (secondary N) is 2. The molecule has 26 heavy (non-hydrogen) atoms. The highest BCUT2D eigenvalue weighted by atomic mass is 35.5. The van der Waals surface area contributed by atoms with Crippen LogP contribution in [0.25, 0.3) is 0 Å². The molecule has 2 rings (SSSR count). The first-order chi connectivity index (χ1) is 12.5. The average Bonchev–Trinajstić information content (AvgIpc) is 3.10. The Kier molecular flexibility index (Phi) is 7.87. The molecule has 1 heterocycles. The van der Waals surface area contributed by atoms with Crippen LogP contribution in [0.3, 0.4) is 0 Å². The van der Waals surface area contributed by atoms with Crippen LogP contribution < -0.4 is 10.6 Å². The van der Waals surface area contributed by atoms with Gasteiger partial charge in [0, 0.05) is 29.2 Å². The predicted octanol–water partition coefficient (Wildman–Crippen LogP) is 4.38. The van der Waals surface area contributed by atoms with E-state index in [-0.39, 0.29) is 11.9 Å². The Labute approximate surface area is 162 Å². The van der Waals surface area contributed by atoms with Crippen LogP contribution in [-0.2, 0) is 6.54 Å². The summed E-state index contributed by atoms with van der Waals surface area (Å²) in [5, 5.41) is 8.73. The summed E-state index contributed by atoms with van der Waals surface area (Å²) in [6, 6.07) is 6.75. The molecule has 2 N–H and O–H groups in total. The number of carbonyl (C=O) groups excluding carboxylic acids is 2. The fourth-order valence-electron chi connectivity index (χ4n) is 2.24. The molecule has 0 atom stereocenters. The highest BCUT2D eigenvalue weighted by Crippen LogP contribution is 2.16. The number of hydrogen-bond acceptors (Lipinski definition) is 4. The fourth-order valence-corrected chi connectivity index (χ4v) is 3.15. The van der Waals surface area contributed by atoms with Crippen molar-refractivity contribution < 1.29 is 9.59 Å². The molecule has 0 bridgehead atoms. The van der Waals surface area contributed by atoms with Gasteiger partial charge >= 0.3 is 6.03 Å². The van der Waals surface area contributed by atoms with Crippen molar-refractivity contribution in [1.29, 1.82) is 0 Å². The van der Waals surface area contributed by atoms with Crippen LogP contribution in [0.5, 0.6) is 0 Å². The third kappa shape index (κ3) is 6.00. The number of rotatable bonds is 8. The van der Waals surface area contributed by atoms with Crippen molar-refractivity contribution in [2.24, 2.45) is 0 Å². The van der Waals surface area contributed by atoms with Gasteiger partial charge in [0.05, 0.1) is 6.54 Å². The van der Waals surface area contributed by atoms with Gasteiger partial charge in [-0.1, -0.05) is 25.4 Å². The quantitative estimate of drug-likeness (QED) is 0.697. The number of benzene rings is 1. The number of urea groups is 1. The second-order valence-corrected chi connectivity index (χ2v) is 7.12. The van der Waals surface area contributed by atoms with Gasteiger partial charge in [-0.25, -0.2) is 9.78 Å². The molecule has 140 valence electrons. The number of nitrogens with zero attached hydrogens (tertiary/aromatic N) is 2. The van der Waals surface area contributed by atoms with Gasteiger partial charge in [-0.05, 0) is 37.1 Å². The molecule has 3 amide bonds. The van der Waals surface area contributed by atoms with E-state index in [1.807, 2.05) is 13.8 Å². The molecule has 0 unspecified atom stereocenters. The molecular formula is C18H23ClN4O2S. The molecule has 1 aromatic heterocycles. The van der Waals surface area contributed by atoms with Crippen LogP contribution in [-0.4, -0.2) is 34.9 Å². The van der Waals surface area contributed by atoms with E-state index in [1.54, 1.807) is 34.5 Å². The van der Waals surface area contributed by atoms with E-state index in [1.165, 1.54) is 11.3 Å². The standard InChI is InChI=1S/C18H23ClN4O2S/c1-3-9-20-17(24)15-12-26-16(22-15)11-23(10-4-2)18(25)21-14-7-5-13(19)6-8-14/h5-8,12H,3-4,9-11H2,1-2H3,(H,20,24)(H,21,25). The zero-order valence-electron chi connectivity index (χ0n) is 14.9. The first kappa shape index (κ1) is 20.2. The highest BCUT2D eigenvalue weighted by molar-refractivity contribution is 7.09. The minimum absolute atomic E-state index is 0.179. The molecule has 0 aliphatic heterocycles. The SMILES string of the molecule is CCCNC(=O)c1csc(CN(CCC)C(=O)Nc2ccc(Cl)cc2)n1. The van der Waals surface area contributed by atoms with Crippen molar-refractivity contribution in [3.8, 4) is 0 Å². The monoisotopic (exact) mass is 394 g/mol. The molecule has 0 saturated heterocycles. The third-order valence-electron chi connectivity index (χ3n) is 3.52. The van der Waals surface area contributed by atoms with E-state index >= 15 is 0 Å². The Morgan fingerprint density at radius 1 is 1.19 bits per heavy atom. The lowest BCUT2D eigenvalue weighted by Crippen LogP contribution is -2.35. The van der Waals surface area contributed by atoms with E-state index in [0.29, 0.717) is 36.0 Å². The number of anilines is 1. The first-order valence-corrected chi connectivity index (χ1v) is 9.83. The minimum atomic E-state index is -0.207.